The van der Waals surface area contributed by atoms with E-state index in [0.717, 1.165) is 25.7 Å². The van der Waals surface area contributed by atoms with Gasteiger partial charge in [0, 0.05) is 20.2 Å². The molecule has 1 aromatic rings. The van der Waals surface area contributed by atoms with E-state index >= 15 is 0 Å². The van der Waals surface area contributed by atoms with Crippen molar-refractivity contribution in [2.75, 3.05) is 14.2 Å². The maximum atomic E-state index is 12.1. The summed E-state index contributed by atoms with van der Waals surface area (Å²) < 4.78 is 10.5. The first-order valence-electron chi connectivity index (χ1n) is 6.06. The molecule has 0 radical (unpaired) electrons. The molecule has 0 aliphatic heterocycles. The predicted octanol–water partition coefficient (Wildman–Crippen LogP) is 2.31. The van der Waals surface area contributed by atoms with E-state index in [0.29, 0.717) is 17.9 Å². The Morgan fingerprint density at radius 2 is 2.12 bits per heavy atom. The molecule has 1 amide bonds. The van der Waals surface area contributed by atoms with E-state index in [-0.39, 0.29) is 5.91 Å². The molecule has 94 valence electrons. The van der Waals surface area contributed by atoms with Crippen LogP contribution in [0.2, 0.25) is 0 Å². The lowest BCUT2D eigenvalue weighted by Gasteiger charge is -2.33. The monoisotopic (exact) mass is 237 g/mol. The fraction of sp³-hybridized carbons (Fsp3) is 0.615. The number of hydrogen-bond donors (Lipinski definition) is 0. The van der Waals surface area contributed by atoms with Crippen molar-refractivity contribution < 1.29 is 13.9 Å². The molecule has 0 spiro atoms. The highest BCUT2D eigenvalue weighted by Crippen LogP contribution is 2.25. The highest BCUT2D eigenvalue weighted by Gasteiger charge is 2.27. The van der Waals surface area contributed by atoms with Crippen LogP contribution in [-0.2, 0) is 4.74 Å². The lowest BCUT2D eigenvalue weighted by atomic mass is 9.92. The van der Waals surface area contributed by atoms with Gasteiger partial charge in [-0.05, 0) is 37.8 Å². The number of carbonyl (C=O) groups is 1. The molecule has 0 atom stereocenters. The fourth-order valence-corrected chi connectivity index (χ4v) is 2.41. The number of rotatable bonds is 3. The van der Waals surface area contributed by atoms with Crippen molar-refractivity contribution in [3.05, 3.63) is 24.2 Å². The largest absolute Gasteiger partial charge is 0.459 e. The van der Waals surface area contributed by atoms with Crippen molar-refractivity contribution in [3.63, 3.8) is 0 Å². The van der Waals surface area contributed by atoms with E-state index in [1.54, 1.807) is 24.1 Å². The summed E-state index contributed by atoms with van der Waals surface area (Å²) in [6.07, 6.45) is 5.94. The number of amides is 1. The third-order valence-corrected chi connectivity index (χ3v) is 3.58. The first-order chi connectivity index (χ1) is 8.22. The highest BCUT2D eigenvalue weighted by molar-refractivity contribution is 5.91. The molecule has 1 saturated carbocycles. The van der Waals surface area contributed by atoms with Crippen LogP contribution in [0.1, 0.15) is 36.2 Å². The van der Waals surface area contributed by atoms with Gasteiger partial charge in [0.05, 0.1) is 12.4 Å². The van der Waals surface area contributed by atoms with Crippen LogP contribution in [0.5, 0.6) is 0 Å². The normalized spacial score (nSPS) is 24.6. The average Bonchev–Trinajstić information content (AvgIpc) is 2.91. The zero-order valence-electron chi connectivity index (χ0n) is 10.4. The van der Waals surface area contributed by atoms with Gasteiger partial charge in [-0.25, -0.2) is 0 Å². The Kier molecular flexibility index (Phi) is 3.84. The first kappa shape index (κ1) is 12.2. The maximum absolute atomic E-state index is 12.1. The van der Waals surface area contributed by atoms with Gasteiger partial charge in [-0.2, -0.15) is 0 Å². The second-order valence-corrected chi connectivity index (χ2v) is 4.56. The molecule has 0 aromatic carbocycles. The van der Waals surface area contributed by atoms with Gasteiger partial charge in [-0.3, -0.25) is 4.79 Å². The van der Waals surface area contributed by atoms with Crippen molar-refractivity contribution in [1.82, 2.24) is 4.90 Å². The lowest BCUT2D eigenvalue weighted by Crippen LogP contribution is -2.40. The van der Waals surface area contributed by atoms with Crippen molar-refractivity contribution in [3.8, 4) is 0 Å². The number of methoxy groups -OCH3 is 1. The Balaban J connectivity index is 1.92. The second-order valence-electron chi connectivity index (χ2n) is 4.56. The van der Waals surface area contributed by atoms with Gasteiger partial charge < -0.3 is 14.1 Å². The molecule has 2 rings (SSSR count). The molecular formula is C13H19NO3. The molecule has 1 fully saturated rings. The van der Waals surface area contributed by atoms with Crippen LogP contribution < -0.4 is 0 Å². The summed E-state index contributed by atoms with van der Waals surface area (Å²) in [6.45, 7) is 0. The van der Waals surface area contributed by atoms with E-state index in [1.807, 2.05) is 7.05 Å². The number of nitrogens with zero attached hydrogens (tertiary/aromatic N) is 1. The molecule has 0 bridgehead atoms. The van der Waals surface area contributed by atoms with Gasteiger partial charge in [-0.1, -0.05) is 0 Å². The molecule has 1 heterocycles. The van der Waals surface area contributed by atoms with E-state index in [9.17, 15) is 4.79 Å². The molecule has 4 nitrogen and oxygen atoms in total. The minimum Gasteiger partial charge on any atom is -0.459 e. The van der Waals surface area contributed by atoms with Crippen molar-refractivity contribution in [1.29, 1.82) is 0 Å². The Morgan fingerprint density at radius 1 is 1.41 bits per heavy atom. The minimum absolute atomic E-state index is 0.0316. The number of ether oxygens (including phenoxy) is 1. The van der Waals surface area contributed by atoms with Crippen molar-refractivity contribution in [2.45, 2.75) is 37.8 Å². The Bertz CT molecular complexity index is 353. The Hall–Kier alpha value is -1.29. The van der Waals surface area contributed by atoms with Crippen LogP contribution in [0.4, 0.5) is 0 Å². The number of hydrogen-bond acceptors (Lipinski definition) is 3. The third kappa shape index (κ3) is 2.69. The van der Waals surface area contributed by atoms with Gasteiger partial charge in [0.15, 0.2) is 5.76 Å². The van der Waals surface area contributed by atoms with Crippen molar-refractivity contribution >= 4 is 5.91 Å². The van der Waals surface area contributed by atoms with Crippen LogP contribution in [0, 0.1) is 0 Å². The molecule has 0 N–H and O–H groups in total. The van der Waals surface area contributed by atoms with Crippen LogP contribution in [0.25, 0.3) is 0 Å². The quantitative estimate of drug-likeness (QED) is 0.810. The zero-order chi connectivity index (χ0) is 12.3. The molecule has 1 aliphatic carbocycles. The second kappa shape index (κ2) is 5.36. The van der Waals surface area contributed by atoms with Crippen LogP contribution in [-0.4, -0.2) is 37.1 Å². The van der Waals surface area contributed by atoms with E-state index in [1.165, 1.54) is 6.26 Å². The smallest absolute Gasteiger partial charge is 0.289 e. The molecule has 0 unspecified atom stereocenters. The van der Waals surface area contributed by atoms with E-state index in [4.69, 9.17) is 9.15 Å². The minimum atomic E-state index is -0.0316. The summed E-state index contributed by atoms with van der Waals surface area (Å²) >= 11 is 0. The standard InChI is InChI=1S/C13H19NO3/c1-14(13(15)12-4-3-9-17-12)10-5-7-11(16-2)8-6-10/h3-4,9-11H,5-8H2,1-2H3. The van der Waals surface area contributed by atoms with Crippen LogP contribution >= 0.6 is 0 Å². The van der Waals surface area contributed by atoms with Gasteiger partial charge >= 0.3 is 0 Å². The summed E-state index contributed by atoms with van der Waals surface area (Å²) in [5.41, 5.74) is 0. The predicted molar refractivity (Wildman–Crippen MR) is 63.9 cm³/mol. The summed E-state index contributed by atoms with van der Waals surface area (Å²) in [5, 5.41) is 0. The van der Waals surface area contributed by atoms with Crippen LogP contribution in [0.3, 0.4) is 0 Å². The summed E-state index contributed by atoms with van der Waals surface area (Å²) in [4.78, 5) is 13.9. The molecule has 0 saturated heterocycles. The summed E-state index contributed by atoms with van der Waals surface area (Å²) in [6, 6.07) is 3.75. The fourth-order valence-electron chi connectivity index (χ4n) is 2.41. The van der Waals surface area contributed by atoms with E-state index < -0.39 is 0 Å². The molecule has 1 aliphatic rings. The van der Waals surface area contributed by atoms with Gasteiger partial charge in [0.2, 0.25) is 0 Å². The molecule has 4 heteroatoms. The Morgan fingerprint density at radius 3 is 2.65 bits per heavy atom. The third-order valence-electron chi connectivity index (χ3n) is 3.58. The van der Waals surface area contributed by atoms with Crippen molar-refractivity contribution in [2.24, 2.45) is 0 Å². The van der Waals surface area contributed by atoms with Crippen LogP contribution in [0.15, 0.2) is 22.8 Å². The molecule has 1 aromatic heterocycles. The lowest BCUT2D eigenvalue weighted by molar-refractivity contribution is 0.0373. The molecular weight excluding hydrogens is 218 g/mol. The maximum Gasteiger partial charge on any atom is 0.289 e. The summed E-state index contributed by atoms with van der Waals surface area (Å²) in [5.74, 6) is 0.386. The highest BCUT2D eigenvalue weighted by atomic mass is 16.5. The van der Waals surface area contributed by atoms with E-state index in [2.05, 4.69) is 0 Å². The Labute approximate surface area is 102 Å². The van der Waals surface area contributed by atoms with Gasteiger partial charge in [-0.15, -0.1) is 0 Å². The summed E-state index contributed by atoms with van der Waals surface area (Å²) in [7, 11) is 3.60. The SMILES string of the molecule is COC1CCC(N(C)C(=O)c2ccco2)CC1. The first-order valence-corrected chi connectivity index (χ1v) is 6.06. The topological polar surface area (TPSA) is 42.7 Å². The number of carbonyl (C=O) groups excluding carboxylic acids is 1. The number of furan rings is 1. The molecule has 17 heavy (non-hydrogen) atoms. The van der Waals surface area contributed by atoms with Gasteiger partial charge in [0.25, 0.3) is 5.91 Å². The zero-order valence-corrected chi connectivity index (χ0v) is 10.4. The van der Waals surface area contributed by atoms with Gasteiger partial charge in [0.1, 0.15) is 0 Å². The average molecular weight is 237 g/mol.